The van der Waals surface area contributed by atoms with Gasteiger partial charge in [0.25, 0.3) is 11.8 Å². The number of esters is 3. The van der Waals surface area contributed by atoms with Gasteiger partial charge in [-0.1, -0.05) is 127 Å². The van der Waals surface area contributed by atoms with Crippen molar-refractivity contribution in [2.75, 3.05) is 19.7 Å². The summed E-state index contributed by atoms with van der Waals surface area (Å²) >= 11 is 4.25. The summed E-state index contributed by atoms with van der Waals surface area (Å²) in [6.07, 6.45) is 6.86. The fraction of sp³-hybridized carbons (Fsp3) is 0.526. The Labute approximate surface area is 329 Å². The van der Waals surface area contributed by atoms with E-state index in [9.17, 15) is 29.2 Å². The number of rotatable bonds is 17. The van der Waals surface area contributed by atoms with Gasteiger partial charge in [-0.15, -0.1) is 0 Å². The molecule has 0 N–H and O–H groups in total. The summed E-state index contributed by atoms with van der Waals surface area (Å²) in [5.41, 5.74) is -0.0937. The maximum Gasteiger partial charge on any atom is 0.350 e. The molecule has 0 spiro atoms. The van der Waals surface area contributed by atoms with Crippen molar-refractivity contribution in [3.8, 4) is 17.6 Å². The molecule has 3 heterocycles. The number of unbranched alkanes of at least 4 members (excludes halogenated alkanes) is 3. The molecular weight excluding hydrogens is 755 g/mol. The highest BCUT2D eigenvalue weighted by atomic mass is 32.2. The van der Waals surface area contributed by atoms with E-state index in [1.165, 1.54) is 16.9 Å². The molecule has 0 saturated carbocycles. The molecule has 4 rings (SSSR count). The van der Waals surface area contributed by atoms with Crippen molar-refractivity contribution in [2.45, 2.75) is 119 Å². The van der Waals surface area contributed by atoms with Crippen LogP contribution in [0.5, 0.6) is 11.5 Å². The Hall–Kier alpha value is -3.32. The Balaban J connectivity index is 1.86. The first kappa shape index (κ1) is 42.4. The second-order valence-electron chi connectivity index (χ2n) is 13.1. The van der Waals surface area contributed by atoms with E-state index in [4.69, 9.17) is 14.2 Å². The van der Waals surface area contributed by atoms with Crippen LogP contribution in [0.2, 0.25) is 0 Å². The van der Waals surface area contributed by atoms with Crippen LogP contribution in [0, 0.1) is 23.2 Å². The zero-order valence-electron chi connectivity index (χ0n) is 31.4. The third-order valence-corrected chi connectivity index (χ3v) is 13.8. The topological polar surface area (TPSA) is 143 Å². The number of thioether (sulfide) groups is 4. The second kappa shape index (κ2) is 19.3. The zero-order chi connectivity index (χ0) is 39.0. The van der Waals surface area contributed by atoms with E-state index in [2.05, 4.69) is 13.5 Å². The van der Waals surface area contributed by atoms with Crippen LogP contribution in [0.25, 0.3) is 0 Å². The molecule has 1 fully saturated rings. The molecule has 0 bridgehead atoms. The van der Waals surface area contributed by atoms with Crippen LogP contribution in [-0.4, -0.2) is 59.4 Å². The van der Waals surface area contributed by atoms with Crippen LogP contribution in [0.15, 0.2) is 51.4 Å². The van der Waals surface area contributed by atoms with Gasteiger partial charge in [-0.3, -0.25) is 14.4 Å². The Bertz CT molecular complexity index is 1750. The Morgan fingerprint density at radius 1 is 0.792 bits per heavy atom. The lowest BCUT2D eigenvalue weighted by Crippen LogP contribution is -2.42. The molecule has 1 aromatic carbocycles. The molecule has 1 atom stereocenters. The maximum atomic E-state index is 13.9. The van der Waals surface area contributed by atoms with Crippen LogP contribution in [0.4, 0.5) is 0 Å². The summed E-state index contributed by atoms with van der Waals surface area (Å²) in [6.45, 7) is 17.7. The van der Waals surface area contributed by atoms with Crippen molar-refractivity contribution in [3.63, 3.8) is 0 Å². The number of hydrazine groups is 1. The van der Waals surface area contributed by atoms with Crippen molar-refractivity contribution >= 4 is 76.8 Å². The van der Waals surface area contributed by atoms with Crippen molar-refractivity contribution in [3.05, 3.63) is 31.8 Å². The monoisotopic (exact) mass is 801 g/mol. The minimum Gasteiger partial charge on any atom is -0.461 e. The molecule has 53 heavy (non-hydrogen) atoms. The summed E-state index contributed by atoms with van der Waals surface area (Å²) < 4.78 is 18.3. The van der Waals surface area contributed by atoms with Crippen molar-refractivity contribution in [1.82, 2.24) is 10.0 Å². The van der Waals surface area contributed by atoms with Gasteiger partial charge in [0.1, 0.15) is 11.6 Å². The number of benzene rings is 1. The Morgan fingerprint density at radius 2 is 1.30 bits per heavy atom. The van der Waals surface area contributed by atoms with Gasteiger partial charge in [0, 0.05) is 18.7 Å². The number of hydrogen-bond acceptors (Lipinski definition) is 13. The smallest absolute Gasteiger partial charge is 0.350 e. The number of ether oxygens (including phenoxy) is 3. The first-order valence-corrected chi connectivity index (χ1v) is 21.3. The average Bonchev–Trinajstić information content (AvgIpc) is 3.82. The van der Waals surface area contributed by atoms with E-state index in [1.54, 1.807) is 13.8 Å². The lowest BCUT2D eigenvalue weighted by Gasteiger charge is -2.27. The van der Waals surface area contributed by atoms with E-state index < -0.39 is 35.6 Å². The summed E-state index contributed by atoms with van der Waals surface area (Å²) in [4.78, 5) is 69.0. The van der Waals surface area contributed by atoms with Gasteiger partial charge in [-0.05, 0) is 32.1 Å². The van der Waals surface area contributed by atoms with Crippen LogP contribution in [0.1, 0.15) is 99.8 Å². The fourth-order valence-electron chi connectivity index (χ4n) is 5.33. The standard InChI is InChI=1S/C38H47N3O8S4/c1-9-13-16-23(12-4)20-47-36(46)24(19-39)37-50-28-26(48-34(44)21(5)6)30-31(27(29(28)51-37)49-35(45)22(7)8)53-38(52-30)25-32(42)40(17-14-10-2)41(33(25)43)18-15-11-3/h22-23H,5,9-18,20H2,1-4,6-8H3/b37-24+. The van der Waals surface area contributed by atoms with Crippen molar-refractivity contribution in [2.24, 2.45) is 11.8 Å². The minimum absolute atomic E-state index is 0.00148. The van der Waals surface area contributed by atoms with E-state index in [0.29, 0.717) is 49.8 Å². The van der Waals surface area contributed by atoms with Crippen molar-refractivity contribution in [1.29, 1.82) is 5.26 Å². The summed E-state index contributed by atoms with van der Waals surface area (Å²) in [6, 6.07) is 2.00. The predicted molar refractivity (Wildman–Crippen MR) is 208 cm³/mol. The molecule has 0 aromatic heterocycles. The summed E-state index contributed by atoms with van der Waals surface area (Å²) in [5.74, 6) is -3.00. The van der Waals surface area contributed by atoms with Gasteiger partial charge in [-0.25, -0.2) is 19.6 Å². The molecule has 1 saturated heterocycles. The van der Waals surface area contributed by atoms with E-state index in [1.807, 2.05) is 26.8 Å². The van der Waals surface area contributed by atoms with Gasteiger partial charge < -0.3 is 14.2 Å². The Morgan fingerprint density at radius 3 is 1.75 bits per heavy atom. The highest BCUT2D eigenvalue weighted by Crippen LogP contribution is 2.68. The molecule has 15 heteroatoms. The summed E-state index contributed by atoms with van der Waals surface area (Å²) in [7, 11) is 0. The van der Waals surface area contributed by atoms with Crippen LogP contribution in [-0.2, 0) is 28.7 Å². The molecule has 1 aromatic rings. The molecule has 3 aliphatic rings. The van der Waals surface area contributed by atoms with Crippen LogP contribution < -0.4 is 9.47 Å². The van der Waals surface area contributed by atoms with Crippen molar-refractivity contribution < 1.29 is 38.2 Å². The number of fused-ring (bicyclic) bond motifs is 2. The number of hydrogen-bond donors (Lipinski definition) is 0. The lowest BCUT2D eigenvalue weighted by molar-refractivity contribution is -0.147. The van der Waals surface area contributed by atoms with Gasteiger partial charge in [0.2, 0.25) is 0 Å². The van der Waals surface area contributed by atoms with Gasteiger partial charge >= 0.3 is 17.9 Å². The normalized spacial score (nSPS) is 16.5. The maximum absolute atomic E-state index is 13.9. The Kier molecular flexibility index (Phi) is 15.5. The minimum atomic E-state index is -0.770. The molecule has 3 aliphatic heterocycles. The second-order valence-corrected chi connectivity index (χ2v) is 17.7. The molecule has 2 amide bonds. The van der Waals surface area contributed by atoms with Gasteiger partial charge in [0.15, 0.2) is 17.1 Å². The van der Waals surface area contributed by atoms with E-state index in [-0.39, 0.29) is 45.0 Å². The third-order valence-electron chi connectivity index (χ3n) is 8.59. The number of amides is 2. The SMILES string of the molecule is C=C(C)C(=O)Oc1c2c(c(OC(=O)C(C)C)c3c1S/C(=C(/C#N)C(=O)OCC(CC)CCCC)S3)SC(=C1C(=O)N(CCCC)N(CCCC)C1=O)S2. The lowest BCUT2D eigenvalue weighted by atomic mass is 10.0. The number of carbonyl (C=O) groups excluding carboxylic acids is 5. The fourth-order valence-corrected chi connectivity index (χ4v) is 10.7. The largest absolute Gasteiger partial charge is 0.461 e. The number of carbonyl (C=O) groups is 5. The zero-order valence-corrected chi connectivity index (χ0v) is 34.6. The van der Waals surface area contributed by atoms with Gasteiger partial charge in [-0.2, -0.15) is 5.26 Å². The van der Waals surface area contributed by atoms with Crippen LogP contribution in [0.3, 0.4) is 0 Å². The first-order valence-electron chi connectivity index (χ1n) is 18.1. The molecule has 286 valence electrons. The first-order chi connectivity index (χ1) is 25.3. The molecular formula is C38H47N3O8S4. The predicted octanol–water partition coefficient (Wildman–Crippen LogP) is 9.02. The molecule has 0 aliphatic carbocycles. The van der Waals surface area contributed by atoms with E-state index >= 15 is 0 Å². The average molecular weight is 802 g/mol. The van der Waals surface area contributed by atoms with E-state index in [0.717, 1.165) is 85.6 Å². The van der Waals surface area contributed by atoms with Gasteiger partial charge in [0.05, 0.1) is 40.6 Å². The third kappa shape index (κ3) is 9.50. The quantitative estimate of drug-likeness (QED) is 0.0486. The summed E-state index contributed by atoms with van der Waals surface area (Å²) in [5, 5.41) is 13.2. The number of nitriles is 1. The molecule has 1 unspecified atom stereocenters. The highest BCUT2D eigenvalue weighted by Gasteiger charge is 2.46. The number of nitrogens with zero attached hydrogens (tertiary/aromatic N) is 3. The molecule has 0 radical (unpaired) electrons. The molecule has 11 nitrogen and oxygen atoms in total. The van der Waals surface area contributed by atoms with Crippen LogP contribution >= 0.6 is 47.0 Å². The highest BCUT2D eigenvalue weighted by molar-refractivity contribution is 8.26.